The summed E-state index contributed by atoms with van der Waals surface area (Å²) in [5.41, 5.74) is 2.75. The van der Waals surface area contributed by atoms with Crippen LogP contribution in [0, 0.1) is 0 Å². The highest BCUT2D eigenvalue weighted by Crippen LogP contribution is 2.08. The lowest BCUT2D eigenvalue weighted by Gasteiger charge is -1.98. The van der Waals surface area contributed by atoms with Gasteiger partial charge in [-0.3, -0.25) is 0 Å². The van der Waals surface area contributed by atoms with Crippen molar-refractivity contribution in [3.8, 4) is 0 Å². The molecule has 0 spiro atoms. The quantitative estimate of drug-likeness (QED) is 0.645. The molecule has 0 aliphatic carbocycles. The summed E-state index contributed by atoms with van der Waals surface area (Å²) in [5, 5.41) is 0. The minimum atomic E-state index is 1.11. The molecule has 0 radical (unpaired) electrons. The van der Waals surface area contributed by atoms with Gasteiger partial charge in [0.05, 0.1) is 0 Å². The summed E-state index contributed by atoms with van der Waals surface area (Å²) in [7, 11) is 0. The largest absolute Gasteiger partial charge is 0.0842 e. The first-order valence-corrected chi connectivity index (χ1v) is 5.12. The molecule has 0 heterocycles. The maximum atomic E-state index is 2.22. The van der Waals surface area contributed by atoms with Crippen LogP contribution in [0.1, 0.15) is 37.8 Å². The summed E-state index contributed by atoms with van der Waals surface area (Å²) >= 11 is 0. The number of benzene rings is 1. The fourth-order valence-electron chi connectivity index (χ4n) is 1.34. The number of hydrogen-bond acceptors (Lipinski definition) is 0. The van der Waals surface area contributed by atoms with Crippen LogP contribution in [-0.4, -0.2) is 0 Å². The molecule has 0 saturated carbocycles. The van der Waals surface area contributed by atoms with Gasteiger partial charge in [0.15, 0.2) is 0 Å². The minimum Gasteiger partial charge on any atom is -0.0842 e. The Hall–Kier alpha value is -1.04. The highest BCUT2D eigenvalue weighted by atomic mass is 14.0. The number of hydrogen-bond donors (Lipinski definition) is 0. The fourth-order valence-corrected chi connectivity index (χ4v) is 1.34. The Labute approximate surface area is 81.3 Å². The summed E-state index contributed by atoms with van der Waals surface area (Å²) in [4.78, 5) is 0. The van der Waals surface area contributed by atoms with Crippen LogP contribution in [-0.2, 0) is 6.42 Å². The van der Waals surface area contributed by atoms with E-state index in [0.717, 1.165) is 6.42 Å². The van der Waals surface area contributed by atoms with Gasteiger partial charge in [0.1, 0.15) is 0 Å². The van der Waals surface area contributed by atoms with E-state index in [1.54, 1.807) is 0 Å². The zero-order valence-electron chi connectivity index (χ0n) is 8.59. The minimum absolute atomic E-state index is 1.11. The topological polar surface area (TPSA) is 0 Å². The van der Waals surface area contributed by atoms with E-state index in [2.05, 4.69) is 50.3 Å². The Morgan fingerprint density at radius 3 is 2.31 bits per heavy atom. The summed E-state index contributed by atoms with van der Waals surface area (Å²) < 4.78 is 0. The van der Waals surface area contributed by atoms with Crippen LogP contribution in [0.25, 0.3) is 6.08 Å². The Kier molecular flexibility index (Phi) is 4.31. The highest BCUT2D eigenvalue weighted by Gasteiger charge is 1.90. The molecule has 70 valence electrons. The Morgan fingerprint density at radius 2 is 1.77 bits per heavy atom. The lowest BCUT2D eigenvalue weighted by atomic mass is 10.1. The van der Waals surface area contributed by atoms with Crippen molar-refractivity contribution in [3.63, 3.8) is 0 Å². The van der Waals surface area contributed by atoms with E-state index in [4.69, 9.17) is 0 Å². The normalized spacial score (nSPS) is 10.9. The predicted molar refractivity (Wildman–Crippen MR) is 59.8 cm³/mol. The predicted octanol–water partition coefficient (Wildman–Crippen LogP) is 4.06. The first-order chi connectivity index (χ1) is 6.36. The average molecular weight is 174 g/mol. The van der Waals surface area contributed by atoms with Gasteiger partial charge in [0, 0.05) is 0 Å². The van der Waals surface area contributed by atoms with Crippen LogP contribution in [0.2, 0.25) is 0 Å². The number of allylic oxidation sites excluding steroid dienone is 1. The third-order valence-electron chi connectivity index (χ3n) is 2.06. The van der Waals surface area contributed by atoms with E-state index < -0.39 is 0 Å². The molecule has 0 atom stereocenters. The van der Waals surface area contributed by atoms with Crippen molar-refractivity contribution in [3.05, 3.63) is 41.5 Å². The van der Waals surface area contributed by atoms with Gasteiger partial charge in [-0.25, -0.2) is 0 Å². The van der Waals surface area contributed by atoms with Crippen LogP contribution in [0.4, 0.5) is 0 Å². The fraction of sp³-hybridized carbons (Fsp3) is 0.385. The van der Waals surface area contributed by atoms with Crippen molar-refractivity contribution in [2.75, 3.05) is 0 Å². The van der Waals surface area contributed by atoms with Gasteiger partial charge >= 0.3 is 0 Å². The number of aryl methyl sites for hydroxylation is 1. The Bertz CT molecular complexity index is 254. The third kappa shape index (κ3) is 3.45. The van der Waals surface area contributed by atoms with E-state index >= 15 is 0 Å². The van der Waals surface area contributed by atoms with Crippen molar-refractivity contribution in [2.45, 2.75) is 33.1 Å². The first kappa shape index (κ1) is 10.0. The van der Waals surface area contributed by atoms with Crippen molar-refractivity contribution in [2.24, 2.45) is 0 Å². The van der Waals surface area contributed by atoms with Gasteiger partial charge in [-0.2, -0.15) is 0 Å². The summed E-state index contributed by atoms with van der Waals surface area (Å²) in [5.74, 6) is 0. The Morgan fingerprint density at radius 1 is 1.08 bits per heavy atom. The second-order valence-electron chi connectivity index (χ2n) is 3.30. The molecule has 0 aromatic heterocycles. The van der Waals surface area contributed by atoms with E-state index in [0.29, 0.717) is 0 Å². The standard InChI is InChI=1S/C13H18/c1-3-5-7-13-10-8-12(6-4-2)9-11-13/h5,7-11H,3-4,6H2,1-2H3. The van der Waals surface area contributed by atoms with E-state index in [9.17, 15) is 0 Å². The second-order valence-corrected chi connectivity index (χ2v) is 3.30. The summed E-state index contributed by atoms with van der Waals surface area (Å²) in [6.45, 7) is 4.37. The van der Waals surface area contributed by atoms with Gasteiger partial charge in [-0.1, -0.05) is 56.7 Å². The SMILES string of the molecule is CCC=Cc1ccc(CCC)cc1. The molecule has 0 aliphatic heterocycles. The summed E-state index contributed by atoms with van der Waals surface area (Å²) in [6, 6.07) is 8.83. The number of rotatable bonds is 4. The maximum Gasteiger partial charge on any atom is -0.0260 e. The van der Waals surface area contributed by atoms with Gasteiger partial charge < -0.3 is 0 Å². The molecule has 0 N–H and O–H groups in total. The van der Waals surface area contributed by atoms with Gasteiger partial charge in [0.25, 0.3) is 0 Å². The van der Waals surface area contributed by atoms with E-state index in [1.165, 1.54) is 24.0 Å². The molecule has 0 heteroatoms. The lowest BCUT2D eigenvalue weighted by Crippen LogP contribution is -1.82. The smallest absolute Gasteiger partial charge is 0.0260 e. The molecule has 0 nitrogen and oxygen atoms in total. The molecule has 1 rings (SSSR count). The average Bonchev–Trinajstić information content (AvgIpc) is 2.17. The molecular formula is C13H18. The van der Waals surface area contributed by atoms with Crippen LogP contribution in [0.15, 0.2) is 30.3 Å². The van der Waals surface area contributed by atoms with Crippen LogP contribution in [0.5, 0.6) is 0 Å². The molecule has 1 aromatic carbocycles. The molecule has 1 aromatic rings. The van der Waals surface area contributed by atoms with E-state index in [-0.39, 0.29) is 0 Å². The van der Waals surface area contributed by atoms with E-state index in [1.807, 2.05) is 0 Å². The monoisotopic (exact) mass is 174 g/mol. The Balaban J connectivity index is 2.64. The van der Waals surface area contributed by atoms with Gasteiger partial charge in [-0.05, 0) is 24.0 Å². The van der Waals surface area contributed by atoms with Crippen molar-refractivity contribution < 1.29 is 0 Å². The van der Waals surface area contributed by atoms with Gasteiger partial charge in [0.2, 0.25) is 0 Å². The van der Waals surface area contributed by atoms with Crippen molar-refractivity contribution >= 4 is 6.08 Å². The zero-order chi connectivity index (χ0) is 9.52. The maximum absolute atomic E-state index is 2.22. The molecular weight excluding hydrogens is 156 g/mol. The van der Waals surface area contributed by atoms with Crippen molar-refractivity contribution in [1.29, 1.82) is 0 Å². The van der Waals surface area contributed by atoms with Crippen molar-refractivity contribution in [1.82, 2.24) is 0 Å². The molecule has 0 fully saturated rings. The summed E-state index contributed by atoms with van der Waals surface area (Å²) in [6.07, 6.45) is 7.89. The lowest BCUT2D eigenvalue weighted by molar-refractivity contribution is 0.922. The molecule has 0 amide bonds. The molecule has 0 unspecified atom stereocenters. The molecule has 13 heavy (non-hydrogen) atoms. The molecule has 0 saturated heterocycles. The van der Waals surface area contributed by atoms with Crippen LogP contribution >= 0.6 is 0 Å². The molecule has 0 aliphatic rings. The van der Waals surface area contributed by atoms with Crippen LogP contribution < -0.4 is 0 Å². The molecule has 0 bridgehead atoms. The third-order valence-corrected chi connectivity index (χ3v) is 2.06. The second kappa shape index (κ2) is 5.58. The van der Waals surface area contributed by atoms with Gasteiger partial charge in [-0.15, -0.1) is 0 Å². The zero-order valence-corrected chi connectivity index (χ0v) is 8.59. The van der Waals surface area contributed by atoms with Crippen LogP contribution in [0.3, 0.4) is 0 Å². The highest BCUT2D eigenvalue weighted by molar-refractivity contribution is 5.49. The first-order valence-electron chi connectivity index (χ1n) is 5.12.